The van der Waals surface area contributed by atoms with Crippen molar-refractivity contribution < 1.29 is 19.4 Å². The second kappa shape index (κ2) is 7.86. The van der Waals surface area contributed by atoms with Gasteiger partial charge in [0.25, 0.3) is 0 Å². The number of amides is 1. The van der Waals surface area contributed by atoms with Crippen molar-refractivity contribution in [3.8, 4) is 0 Å². The molecule has 0 spiro atoms. The SMILES string of the molecule is CN(CC(=O)O)C[C@@H]1CN(C(=O)[C@H]2SCCc3sccc32)CCO1. The molecular formula is C16H22N2O4S2. The number of carboxylic acid groups (broad SMARTS) is 1. The molecule has 8 heteroatoms. The van der Waals surface area contributed by atoms with Gasteiger partial charge in [0.05, 0.1) is 19.3 Å². The topological polar surface area (TPSA) is 70.1 Å². The summed E-state index contributed by atoms with van der Waals surface area (Å²) in [6, 6.07) is 2.08. The minimum absolute atomic E-state index is 0.0233. The smallest absolute Gasteiger partial charge is 0.317 e. The number of fused-ring (bicyclic) bond motifs is 1. The average molecular weight is 370 g/mol. The van der Waals surface area contributed by atoms with E-state index in [1.165, 1.54) is 10.4 Å². The van der Waals surface area contributed by atoms with Gasteiger partial charge in [-0.25, -0.2) is 0 Å². The minimum Gasteiger partial charge on any atom is -0.480 e. The molecule has 1 aromatic rings. The van der Waals surface area contributed by atoms with Crippen LogP contribution in [-0.4, -0.2) is 78.5 Å². The number of hydrogen-bond acceptors (Lipinski definition) is 6. The van der Waals surface area contributed by atoms with Gasteiger partial charge in [-0.2, -0.15) is 0 Å². The number of carbonyl (C=O) groups is 2. The molecule has 0 bridgehead atoms. The lowest BCUT2D eigenvalue weighted by Gasteiger charge is -2.36. The molecule has 0 aliphatic carbocycles. The fraction of sp³-hybridized carbons (Fsp3) is 0.625. The van der Waals surface area contributed by atoms with Crippen molar-refractivity contribution in [3.05, 3.63) is 21.9 Å². The van der Waals surface area contributed by atoms with Crippen molar-refractivity contribution in [3.63, 3.8) is 0 Å². The number of carbonyl (C=O) groups excluding carboxylic acids is 1. The lowest BCUT2D eigenvalue weighted by Crippen LogP contribution is -2.50. The fourth-order valence-electron chi connectivity index (χ4n) is 3.19. The van der Waals surface area contributed by atoms with Crippen molar-refractivity contribution in [2.24, 2.45) is 0 Å². The third-order valence-corrected chi connectivity index (χ3v) is 6.50. The summed E-state index contributed by atoms with van der Waals surface area (Å²) in [4.78, 5) is 28.7. The Kier molecular flexibility index (Phi) is 5.80. The zero-order chi connectivity index (χ0) is 17.1. The molecule has 0 aromatic carbocycles. The van der Waals surface area contributed by atoms with E-state index in [9.17, 15) is 9.59 Å². The number of ether oxygens (including phenoxy) is 1. The molecule has 1 amide bonds. The summed E-state index contributed by atoms with van der Waals surface area (Å²) in [5.41, 5.74) is 1.17. The molecule has 132 valence electrons. The lowest BCUT2D eigenvalue weighted by atomic mass is 10.1. The molecule has 0 unspecified atom stereocenters. The molecule has 1 aromatic heterocycles. The lowest BCUT2D eigenvalue weighted by molar-refractivity contribution is -0.142. The number of aliphatic carboxylic acids is 1. The number of hydrogen-bond donors (Lipinski definition) is 1. The van der Waals surface area contributed by atoms with Crippen LogP contribution in [0.4, 0.5) is 0 Å². The number of nitrogens with zero attached hydrogens (tertiary/aromatic N) is 2. The maximum absolute atomic E-state index is 13.0. The first-order chi connectivity index (χ1) is 11.5. The molecule has 2 atom stereocenters. The van der Waals surface area contributed by atoms with Crippen LogP contribution in [0.3, 0.4) is 0 Å². The highest BCUT2D eigenvalue weighted by Crippen LogP contribution is 2.40. The Hall–Kier alpha value is -1.09. The summed E-state index contributed by atoms with van der Waals surface area (Å²) in [7, 11) is 1.76. The Bertz CT molecular complexity index is 607. The molecule has 0 radical (unpaired) electrons. The summed E-state index contributed by atoms with van der Waals surface area (Å²) < 4.78 is 5.72. The number of likely N-dealkylation sites (N-methyl/N-ethyl adjacent to an activating group) is 1. The molecule has 1 fully saturated rings. The fourth-order valence-corrected chi connectivity index (χ4v) is 5.56. The number of thiophene rings is 1. The van der Waals surface area contributed by atoms with Crippen molar-refractivity contribution in [1.29, 1.82) is 0 Å². The van der Waals surface area contributed by atoms with Crippen LogP contribution >= 0.6 is 23.1 Å². The van der Waals surface area contributed by atoms with E-state index in [0.717, 1.165) is 12.2 Å². The third kappa shape index (κ3) is 4.11. The Morgan fingerprint density at radius 3 is 3.12 bits per heavy atom. The molecule has 3 rings (SSSR count). The normalized spacial score (nSPS) is 24.0. The number of rotatable bonds is 5. The van der Waals surface area contributed by atoms with Crippen LogP contribution in [0.1, 0.15) is 15.7 Å². The van der Waals surface area contributed by atoms with E-state index < -0.39 is 5.97 Å². The summed E-state index contributed by atoms with van der Waals surface area (Å²) in [6.07, 6.45) is 0.912. The molecule has 1 saturated heterocycles. The Morgan fingerprint density at radius 1 is 1.50 bits per heavy atom. The van der Waals surface area contributed by atoms with E-state index in [2.05, 4.69) is 11.4 Å². The van der Waals surface area contributed by atoms with Crippen molar-refractivity contribution in [2.75, 3.05) is 45.6 Å². The molecule has 1 N–H and O–H groups in total. The van der Waals surface area contributed by atoms with Gasteiger partial charge in [-0.3, -0.25) is 14.5 Å². The van der Waals surface area contributed by atoms with Crippen molar-refractivity contribution in [2.45, 2.75) is 17.8 Å². The van der Waals surface area contributed by atoms with Crippen LogP contribution in [0.25, 0.3) is 0 Å². The van der Waals surface area contributed by atoms with E-state index >= 15 is 0 Å². The second-order valence-corrected chi connectivity index (χ2v) is 8.38. The minimum atomic E-state index is -0.857. The second-order valence-electron chi connectivity index (χ2n) is 6.17. The molecular weight excluding hydrogens is 348 g/mol. The van der Waals surface area contributed by atoms with Gasteiger partial charge in [0.1, 0.15) is 5.25 Å². The number of thioether (sulfide) groups is 1. The van der Waals surface area contributed by atoms with Gasteiger partial charge in [0, 0.05) is 24.5 Å². The predicted molar refractivity (Wildman–Crippen MR) is 94.7 cm³/mol. The Balaban J connectivity index is 1.61. The maximum atomic E-state index is 13.0. The number of morpholine rings is 1. The van der Waals surface area contributed by atoms with Crippen LogP contribution < -0.4 is 0 Å². The third-order valence-electron chi connectivity index (χ3n) is 4.27. The van der Waals surface area contributed by atoms with Crippen LogP contribution in [0.2, 0.25) is 0 Å². The molecule has 6 nitrogen and oxygen atoms in total. The molecule has 3 heterocycles. The zero-order valence-corrected chi connectivity index (χ0v) is 15.3. The van der Waals surface area contributed by atoms with Gasteiger partial charge in [-0.05, 0) is 36.2 Å². The van der Waals surface area contributed by atoms with E-state index in [1.807, 2.05) is 4.90 Å². The van der Waals surface area contributed by atoms with Gasteiger partial charge in [0.15, 0.2) is 0 Å². The highest BCUT2D eigenvalue weighted by atomic mass is 32.2. The number of aryl methyl sites for hydroxylation is 1. The highest BCUT2D eigenvalue weighted by Gasteiger charge is 2.34. The summed E-state index contributed by atoms with van der Waals surface area (Å²) in [5, 5.41) is 10.8. The number of carboxylic acids is 1. The average Bonchev–Trinajstić information content (AvgIpc) is 3.02. The van der Waals surface area contributed by atoms with Gasteiger partial charge < -0.3 is 14.7 Å². The Labute approximate surface area is 149 Å². The molecule has 2 aliphatic rings. The van der Waals surface area contributed by atoms with Gasteiger partial charge in [-0.15, -0.1) is 23.1 Å². The summed E-state index contributed by atoms with van der Waals surface area (Å²) in [6.45, 7) is 2.13. The van der Waals surface area contributed by atoms with Crippen LogP contribution in [0.15, 0.2) is 11.4 Å². The van der Waals surface area contributed by atoms with Crippen LogP contribution in [0, 0.1) is 0 Å². The maximum Gasteiger partial charge on any atom is 0.317 e. The Morgan fingerprint density at radius 2 is 2.33 bits per heavy atom. The van der Waals surface area contributed by atoms with Crippen molar-refractivity contribution in [1.82, 2.24) is 9.80 Å². The van der Waals surface area contributed by atoms with Gasteiger partial charge >= 0.3 is 5.97 Å². The molecule has 24 heavy (non-hydrogen) atoms. The van der Waals surface area contributed by atoms with E-state index in [1.54, 1.807) is 35.0 Å². The predicted octanol–water partition coefficient (Wildman–Crippen LogP) is 1.32. The summed E-state index contributed by atoms with van der Waals surface area (Å²) in [5.74, 6) is 0.289. The van der Waals surface area contributed by atoms with E-state index in [0.29, 0.717) is 26.2 Å². The highest BCUT2D eigenvalue weighted by molar-refractivity contribution is 8.00. The first kappa shape index (κ1) is 17.7. The van der Waals surface area contributed by atoms with Crippen molar-refractivity contribution >= 4 is 35.0 Å². The molecule has 2 aliphatic heterocycles. The van der Waals surface area contributed by atoms with Crippen LogP contribution in [0.5, 0.6) is 0 Å². The zero-order valence-electron chi connectivity index (χ0n) is 13.6. The quantitative estimate of drug-likeness (QED) is 0.843. The standard InChI is InChI=1S/C16H22N2O4S2/c1-17(10-14(19)20)8-11-9-18(4-5-22-11)16(21)15-12-2-6-23-13(12)3-7-24-15/h2,6,11,15H,3-5,7-10H2,1H3,(H,19,20)/t11-,15+/m1/s1. The van der Waals surface area contributed by atoms with E-state index in [-0.39, 0.29) is 23.8 Å². The van der Waals surface area contributed by atoms with Crippen LogP contribution in [-0.2, 0) is 20.7 Å². The first-order valence-electron chi connectivity index (χ1n) is 8.03. The van der Waals surface area contributed by atoms with Gasteiger partial charge in [0.2, 0.25) is 5.91 Å². The molecule has 0 saturated carbocycles. The summed E-state index contributed by atoms with van der Waals surface area (Å²) >= 11 is 3.46. The van der Waals surface area contributed by atoms with E-state index in [4.69, 9.17) is 9.84 Å². The first-order valence-corrected chi connectivity index (χ1v) is 9.96. The largest absolute Gasteiger partial charge is 0.480 e. The van der Waals surface area contributed by atoms with Gasteiger partial charge in [-0.1, -0.05) is 0 Å². The monoisotopic (exact) mass is 370 g/mol.